The van der Waals surface area contributed by atoms with Crippen LogP contribution in [0.1, 0.15) is 45.1 Å². The normalized spacial score (nSPS) is 15.1. The number of H-pyrrole nitrogens is 1. The third-order valence-electron chi connectivity index (χ3n) is 5.38. The number of nitrogens with two attached hydrogens (primary N) is 2. The number of ether oxygens (including phenoxy) is 1. The van der Waals surface area contributed by atoms with E-state index in [1.54, 1.807) is 0 Å². The second-order valence-corrected chi connectivity index (χ2v) is 8.19. The van der Waals surface area contributed by atoms with Gasteiger partial charge in [0.25, 0.3) is 0 Å². The first-order valence-electron chi connectivity index (χ1n) is 12.1. The molecule has 0 saturated carbocycles. The lowest BCUT2D eigenvalue weighted by Crippen LogP contribution is -2.35. The van der Waals surface area contributed by atoms with Gasteiger partial charge in [-0.25, -0.2) is 9.97 Å². The van der Waals surface area contributed by atoms with Crippen molar-refractivity contribution in [2.75, 3.05) is 32.0 Å². The number of nitrogen functional groups attached to an aromatic ring is 1. The number of benzene rings is 1. The molecule has 9 heteroatoms. The number of amides is 1. The molecule has 1 amide bonds. The first kappa shape index (κ1) is 28.3. The summed E-state index contributed by atoms with van der Waals surface area (Å²) in [5.74, 6) is 0.746. The number of nitrogens with one attached hydrogen (secondary N) is 1. The number of halogens is 1. The quantitative estimate of drug-likeness (QED) is 0.346. The highest BCUT2D eigenvalue weighted by Gasteiger charge is 2.13. The van der Waals surface area contributed by atoms with Gasteiger partial charge in [0.05, 0.1) is 30.1 Å². The zero-order chi connectivity index (χ0) is 25.5. The minimum absolute atomic E-state index is 0.250. The van der Waals surface area contributed by atoms with Crippen molar-refractivity contribution >= 4 is 34.9 Å². The summed E-state index contributed by atoms with van der Waals surface area (Å²) in [5.41, 5.74) is 14.1. The van der Waals surface area contributed by atoms with Gasteiger partial charge in [0, 0.05) is 25.2 Å². The monoisotopic (exact) mass is 500 g/mol. The lowest BCUT2D eigenvalue weighted by atomic mass is 10.1. The zero-order valence-electron chi connectivity index (χ0n) is 20.7. The van der Waals surface area contributed by atoms with Gasteiger partial charge in [-0.1, -0.05) is 55.8 Å². The molecule has 1 saturated heterocycles. The number of hydrogen-bond donors (Lipinski definition) is 3. The summed E-state index contributed by atoms with van der Waals surface area (Å²) in [6.07, 6.45) is 11.8. The number of carbonyl (C=O) groups is 1. The Morgan fingerprint density at radius 1 is 1.17 bits per heavy atom. The summed E-state index contributed by atoms with van der Waals surface area (Å²) in [4.78, 5) is 23.0. The summed E-state index contributed by atoms with van der Waals surface area (Å²) in [6, 6.07) is 8.34. The number of aromatic amines is 1. The van der Waals surface area contributed by atoms with Crippen molar-refractivity contribution in [3.63, 3.8) is 0 Å². The van der Waals surface area contributed by atoms with E-state index >= 15 is 0 Å². The van der Waals surface area contributed by atoms with Crippen LogP contribution in [0, 0.1) is 0 Å². The molecule has 3 heterocycles. The van der Waals surface area contributed by atoms with Crippen LogP contribution in [-0.2, 0) is 16.1 Å². The molecule has 0 bridgehead atoms. The molecule has 1 fully saturated rings. The molecule has 3 aromatic rings. The number of rotatable bonds is 3. The molecule has 0 unspecified atom stereocenters. The summed E-state index contributed by atoms with van der Waals surface area (Å²) in [6.45, 7) is 8.44. The number of allylic oxidation sites excluding steroid dienone is 2. The van der Waals surface area contributed by atoms with Crippen molar-refractivity contribution < 1.29 is 9.53 Å². The van der Waals surface area contributed by atoms with Gasteiger partial charge in [-0.3, -0.25) is 9.69 Å². The Kier molecular flexibility index (Phi) is 12.8. The van der Waals surface area contributed by atoms with Crippen molar-refractivity contribution in [3.8, 4) is 11.4 Å². The van der Waals surface area contributed by atoms with Crippen molar-refractivity contribution in [1.29, 1.82) is 0 Å². The van der Waals surface area contributed by atoms with Gasteiger partial charge in [0.2, 0.25) is 6.41 Å². The summed E-state index contributed by atoms with van der Waals surface area (Å²) >= 11 is 6.03. The van der Waals surface area contributed by atoms with Crippen LogP contribution in [0.3, 0.4) is 0 Å². The first-order valence-corrected chi connectivity index (χ1v) is 12.5. The Labute approximate surface area is 212 Å². The van der Waals surface area contributed by atoms with Gasteiger partial charge in [0.1, 0.15) is 11.3 Å². The molecule has 190 valence electrons. The topological polar surface area (TPSA) is 123 Å². The van der Waals surface area contributed by atoms with Crippen molar-refractivity contribution in [2.45, 2.75) is 46.1 Å². The number of fused-ring (bicyclic) bond motifs is 1. The first-order chi connectivity index (χ1) is 17.1. The van der Waals surface area contributed by atoms with Gasteiger partial charge in [0.15, 0.2) is 5.65 Å². The van der Waals surface area contributed by atoms with Gasteiger partial charge in [-0.2, -0.15) is 0 Å². The van der Waals surface area contributed by atoms with Crippen molar-refractivity contribution in [1.82, 2.24) is 19.9 Å². The number of pyridine rings is 1. The van der Waals surface area contributed by atoms with Crippen LogP contribution in [0.25, 0.3) is 22.6 Å². The molecular formula is C26H37ClN6O2. The van der Waals surface area contributed by atoms with E-state index in [0.717, 1.165) is 44.2 Å². The molecule has 0 atom stereocenters. The van der Waals surface area contributed by atoms with Crippen LogP contribution >= 0.6 is 11.6 Å². The van der Waals surface area contributed by atoms with Gasteiger partial charge >= 0.3 is 0 Å². The highest BCUT2D eigenvalue weighted by atomic mass is 35.5. The fourth-order valence-corrected chi connectivity index (χ4v) is 3.83. The highest BCUT2D eigenvalue weighted by molar-refractivity contribution is 6.34. The van der Waals surface area contributed by atoms with Crippen LogP contribution < -0.4 is 11.5 Å². The summed E-state index contributed by atoms with van der Waals surface area (Å²) in [5, 5.41) is 0.429. The van der Waals surface area contributed by atoms with E-state index in [2.05, 4.69) is 49.9 Å². The Morgan fingerprint density at radius 3 is 2.43 bits per heavy atom. The number of nitrogens with zero attached hydrogens (tertiary/aromatic N) is 3. The zero-order valence-corrected chi connectivity index (χ0v) is 21.4. The van der Waals surface area contributed by atoms with Crippen LogP contribution in [0.15, 0.2) is 42.6 Å². The minimum Gasteiger partial charge on any atom is -0.396 e. The molecular weight excluding hydrogens is 464 g/mol. The highest BCUT2D eigenvalue weighted by Crippen LogP contribution is 2.28. The van der Waals surface area contributed by atoms with Crippen molar-refractivity contribution in [2.24, 2.45) is 5.73 Å². The Hall–Kier alpha value is -2.94. The van der Waals surface area contributed by atoms with E-state index in [1.165, 1.54) is 37.4 Å². The maximum Gasteiger partial charge on any atom is 0.204 e. The third kappa shape index (κ3) is 8.98. The van der Waals surface area contributed by atoms with Crippen LogP contribution in [-0.4, -0.2) is 52.6 Å². The Balaban J connectivity index is 0.000000331. The molecule has 5 N–H and O–H groups in total. The van der Waals surface area contributed by atoms with E-state index in [4.69, 9.17) is 26.9 Å². The molecule has 35 heavy (non-hydrogen) atoms. The molecule has 2 aromatic heterocycles. The third-order valence-corrected chi connectivity index (χ3v) is 5.68. The van der Waals surface area contributed by atoms with Gasteiger partial charge in [-0.15, -0.1) is 0 Å². The van der Waals surface area contributed by atoms with Crippen LogP contribution in [0.5, 0.6) is 0 Å². The smallest absolute Gasteiger partial charge is 0.204 e. The second-order valence-electron chi connectivity index (χ2n) is 7.78. The predicted molar refractivity (Wildman–Crippen MR) is 144 cm³/mol. The summed E-state index contributed by atoms with van der Waals surface area (Å²) in [7, 11) is 0. The van der Waals surface area contributed by atoms with Crippen LogP contribution in [0.2, 0.25) is 5.02 Å². The van der Waals surface area contributed by atoms with E-state index in [-0.39, 0.29) is 6.41 Å². The number of morpholine rings is 1. The van der Waals surface area contributed by atoms with Crippen molar-refractivity contribution in [3.05, 3.63) is 53.2 Å². The molecule has 1 aliphatic carbocycles. The molecule has 0 spiro atoms. The lowest BCUT2D eigenvalue weighted by molar-refractivity contribution is -0.106. The number of anilines is 1. The molecule has 0 radical (unpaired) electrons. The minimum atomic E-state index is 0.250. The average Bonchev–Trinajstić information content (AvgIpc) is 3.36. The number of hydrogen-bond acceptors (Lipinski definition) is 6. The average molecular weight is 501 g/mol. The standard InChI is InChI=1S/C17H18ClN5O.C6H10.C2H6.CH3NO/c18-13-9-20-17-15(14(13)19)21-16(22-17)12-3-1-2-11(8-12)10-23-4-6-24-7-5-23;1-2-4-6-5-3-1;1-2;2-1-3/h1-3,8-9H,4-7,10H2,(H3,19,20,21,22);1-2H,3-6H2;1-2H3;1H,(H2,2,3). The molecule has 8 nitrogen and oxygen atoms in total. The van der Waals surface area contributed by atoms with E-state index in [0.29, 0.717) is 21.9 Å². The second kappa shape index (κ2) is 15.9. The van der Waals surface area contributed by atoms with E-state index < -0.39 is 0 Å². The fourth-order valence-electron chi connectivity index (χ4n) is 3.68. The number of imidazole rings is 1. The maximum atomic E-state index is 8.58. The SMILES string of the molecule is C1=CCCCC1.CC.NC=O.Nc1c(Cl)cnc2nc(-c3cccc(CN4CCOCC4)c3)[nH]c12. The molecule has 2 aliphatic rings. The Bertz CT molecular complexity index is 1060. The van der Waals surface area contributed by atoms with E-state index in [9.17, 15) is 0 Å². The fraction of sp³-hybridized carbons (Fsp3) is 0.423. The van der Waals surface area contributed by atoms with Crippen LogP contribution in [0.4, 0.5) is 5.69 Å². The van der Waals surface area contributed by atoms with Gasteiger partial charge in [-0.05, 0) is 37.3 Å². The number of carbonyl (C=O) groups excluding carboxylic acids is 1. The molecule has 1 aliphatic heterocycles. The Morgan fingerprint density at radius 2 is 1.83 bits per heavy atom. The molecule has 5 rings (SSSR count). The van der Waals surface area contributed by atoms with Gasteiger partial charge < -0.3 is 21.2 Å². The van der Waals surface area contributed by atoms with E-state index in [1.807, 2.05) is 26.0 Å². The number of primary amides is 1. The summed E-state index contributed by atoms with van der Waals surface area (Å²) < 4.78 is 5.40. The largest absolute Gasteiger partial charge is 0.396 e. The number of aromatic nitrogens is 3. The molecule has 1 aromatic carbocycles. The lowest BCUT2D eigenvalue weighted by Gasteiger charge is -2.26. The predicted octanol–water partition coefficient (Wildman–Crippen LogP) is 4.94. The maximum absolute atomic E-state index is 8.58.